The summed E-state index contributed by atoms with van der Waals surface area (Å²) in [6.45, 7) is 0.395. The fourth-order valence-corrected chi connectivity index (χ4v) is 2.63. The smallest absolute Gasteiger partial charge is 0.176 e. The molecule has 1 heterocycles. The quantitative estimate of drug-likeness (QED) is 0.811. The number of rotatable bonds is 3. The number of fused-ring (bicyclic) bond motifs is 1. The Hall–Kier alpha value is -1.93. The average Bonchev–Trinajstić information content (AvgIpc) is 2.72. The van der Waals surface area contributed by atoms with E-state index in [4.69, 9.17) is 6.42 Å². The molecular formula is C12H12N2O2S. The van der Waals surface area contributed by atoms with Gasteiger partial charge in [0.15, 0.2) is 9.84 Å². The zero-order chi connectivity index (χ0) is 12.5. The Morgan fingerprint density at radius 2 is 2.18 bits per heavy atom. The lowest BCUT2D eigenvalue weighted by Gasteiger charge is -2.07. The molecular weight excluding hydrogens is 236 g/mol. The van der Waals surface area contributed by atoms with Crippen molar-refractivity contribution in [3.63, 3.8) is 0 Å². The van der Waals surface area contributed by atoms with Crippen LogP contribution in [-0.4, -0.2) is 26.2 Å². The van der Waals surface area contributed by atoms with E-state index in [0.29, 0.717) is 16.8 Å². The van der Waals surface area contributed by atoms with Gasteiger partial charge in [-0.1, -0.05) is 5.92 Å². The summed E-state index contributed by atoms with van der Waals surface area (Å²) in [4.78, 5) is 3.33. The topological polar surface area (TPSA) is 62.0 Å². The number of hydrogen-bond acceptors (Lipinski definition) is 3. The van der Waals surface area contributed by atoms with Gasteiger partial charge in [0, 0.05) is 17.8 Å². The Balaban J connectivity index is 2.64. The molecule has 2 rings (SSSR count). The van der Waals surface area contributed by atoms with E-state index in [1.807, 2.05) is 0 Å². The van der Waals surface area contributed by atoms with Gasteiger partial charge in [0.1, 0.15) is 0 Å². The number of anilines is 1. The number of aromatic nitrogens is 1. The van der Waals surface area contributed by atoms with Gasteiger partial charge in [-0.3, -0.25) is 0 Å². The van der Waals surface area contributed by atoms with E-state index in [0.717, 1.165) is 11.2 Å². The fourth-order valence-electron chi connectivity index (χ4n) is 1.75. The summed E-state index contributed by atoms with van der Waals surface area (Å²) in [6, 6.07) is 5.05. The van der Waals surface area contributed by atoms with E-state index in [1.165, 1.54) is 6.26 Å². The Bertz CT molecular complexity index is 693. The van der Waals surface area contributed by atoms with Gasteiger partial charge in [0.05, 0.1) is 22.6 Å². The monoisotopic (exact) mass is 248 g/mol. The normalized spacial score (nSPS) is 11.3. The van der Waals surface area contributed by atoms with Crippen LogP contribution in [0.3, 0.4) is 0 Å². The third-order valence-corrected chi connectivity index (χ3v) is 3.62. The second kappa shape index (κ2) is 4.15. The van der Waals surface area contributed by atoms with Crippen molar-refractivity contribution in [2.24, 2.45) is 0 Å². The molecule has 5 heteroatoms. The second-order valence-electron chi connectivity index (χ2n) is 3.71. The Morgan fingerprint density at radius 1 is 1.41 bits per heavy atom. The van der Waals surface area contributed by atoms with E-state index < -0.39 is 9.84 Å². The van der Waals surface area contributed by atoms with Crippen molar-refractivity contribution < 1.29 is 8.42 Å². The van der Waals surface area contributed by atoms with Gasteiger partial charge in [0.25, 0.3) is 0 Å². The zero-order valence-electron chi connectivity index (χ0n) is 9.32. The summed E-state index contributed by atoms with van der Waals surface area (Å²) in [5.41, 5.74) is 1.55. The predicted molar refractivity (Wildman–Crippen MR) is 68.7 cm³/mol. The van der Waals surface area contributed by atoms with Crippen LogP contribution in [0.2, 0.25) is 0 Å². The number of benzene rings is 1. The van der Waals surface area contributed by atoms with Crippen molar-refractivity contribution in [3.05, 3.63) is 24.4 Å². The highest BCUT2D eigenvalue weighted by Crippen LogP contribution is 2.28. The van der Waals surface area contributed by atoms with Gasteiger partial charge in [0.2, 0.25) is 0 Å². The lowest BCUT2D eigenvalue weighted by Crippen LogP contribution is -2.02. The van der Waals surface area contributed by atoms with Crippen molar-refractivity contribution in [2.75, 3.05) is 18.1 Å². The van der Waals surface area contributed by atoms with Crippen LogP contribution in [0.15, 0.2) is 29.3 Å². The average molecular weight is 248 g/mol. The van der Waals surface area contributed by atoms with Gasteiger partial charge in [-0.25, -0.2) is 8.42 Å². The molecule has 88 valence electrons. The number of H-pyrrole nitrogens is 1. The first kappa shape index (κ1) is 11.6. The highest BCUT2D eigenvalue weighted by Gasteiger charge is 2.14. The summed E-state index contributed by atoms with van der Waals surface area (Å²) in [5, 5.41) is 3.72. The van der Waals surface area contributed by atoms with E-state index in [2.05, 4.69) is 16.2 Å². The molecule has 0 spiro atoms. The number of sulfone groups is 1. The van der Waals surface area contributed by atoms with E-state index >= 15 is 0 Å². The summed E-state index contributed by atoms with van der Waals surface area (Å²) >= 11 is 0. The maximum Gasteiger partial charge on any atom is 0.176 e. The van der Waals surface area contributed by atoms with Crippen molar-refractivity contribution in [3.8, 4) is 12.3 Å². The third-order valence-electron chi connectivity index (χ3n) is 2.46. The molecule has 0 saturated heterocycles. The van der Waals surface area contributed by atoms with Crippen molar-refractivity contribution in [1.29, 1.82) is 0 Å². The van der Waals surface area contributed by atoms with Gasteiger partial charge < -0.3 is 10.3 Å². The van der Waals surface area contributed by atoms with Crippen LogP contribution in [0.25, 0.3) is 10.9 Å². The molecule has 0 aliphatic rings. The van der Waals surface area contributed by atoms with Crippen LogP contribution in [0.5, 0.6) is 0 Å². The first-order valence-electron chi connectivity index (χ1n) is 5.01. The van der Waals surface area contributed by atoms with Gasteiger partial charge in [-0.15, -0.1) is 6.42 Å². The minimum Gasteiger partial charge on any atom is -0.372 e. The minimum atomic E-state index is -3.22. The zero-order valence-corrected chi connectivity index (χ0v) is 10.1. The molecule has 4 nitrogen and oxygen atoms in total. The predicted octanol–water partition coefficient (Wildman–Crippen LogP) is 1.62. The molecule has 2 aromatic rings. The molecule has 1 aromatic heterocycles. The fraction of sp³-hybridized carbons (Fsp3) is 0.167. The van der Waals surface area contributed by atoms with Crippen LogP contribution in [0, 0.1) is 12.3 Å². The number of hydrogen-bond donors (Lipinski definition) is 2. The van der Waals surface area contributed by atoms with E-state index in [1.54, 1.807) is 24.4 Å². The SMILES string of the molecule is C#CCNc1ccc(S(C)(=O)=O)c2cc[nH]c12. The van der Waals surface area contributed by atoms with Crippen LogP contribution in [0.1, 0.15) is 0 Å². The molecule has 0 radical (unpaired) electrons. The number of nitrogens with one attached hydrogen (secondary N) is 2. The molecule has 0 aliphatic heterocycles. The summed E-state index contributed by atoms with van der Waals surface area (Å²) < 4.78 is 23.2. The molecule has 17 heavy (non-hydrogen) atoms. The summed E-state index contributed by atoms with van der Waals surface area (Å²) in [7, 11) is -3.22. The van der Waals surface area contributed by atoms with Crippen LogP contribution in [0.4, 0.5) is 5.69 Å². The summed E-state index contributed by atoms with van der Waals surface area (Å²) in [5.74, 6) is 2.47. The van der Waals surface area contributed by atoms with Crippen molar-refractivity contribution in [2.45, 2.75) is 4.90 Å². The lowest BCUT2D eigenvalue weighted by molar-refractivity contribution is 0.602. The van der Waals surface area contributed by atoms with E-state index in [9.17, 15) is 8.42 Å². The molecule has 0 unspecified atom stereocenters. The number of aromatic amines is 1. The maximum atomic E-state index is 11.6. The van der Waals surface area contributed by atoms with Crippen LogP contribution < -0.4 is 5.32 Å². The van der Waals surface area contributed by atoms with Crippen LogP contribution >= 0.6 is 0 Å². The molecule has 1 aromatic carbocycles. The van der Waals surface area contributed by atoms with E-state index in [-0.39, 0.29) is 0 Å². The largest absolute Gasteiger partial charge is 0.372 e. The highest BCUT2D eigenvalue weighted by molar-refractivity contribution is 7.91. The summed E-state index contributed by atoms with van der Waals surface area (Å²) in [6.07, 6.45) is 8.08. The lowest BCUT2D eigenvalue weighted by atomic mass is 10.2. The molecule has 0 aliphatic carbocycles. The molecule has 0 atom stereocenters. The van der Waals surface area contributed by atoms with Crippen molar-refractivity contribution >= 4 is 26.4 Å². The molecule has 2 N–H and O–H groups in total. The standard InChI is InChI=1S/C12H12N2O2S/c1-3-7-13-10-4-5-11(17(2,15)16)9-6-8-14-12(9)10/h1,4-6,8,13-14H,7H2,2H3. The first-order valence-corrected chi connectivity index (χ1v) is 6.90. The Kier molecular flexibility index (Phi) is 2.82. The molecule has 0 amide bonds. The molecule has 0 fully saturated rings. The molecule has 0 bridgehead atoms. The van der Waals surface area contributed by atoms with Crippen molar-refractivity contribution in [1.82, 2.24) is 4.98 Å². The van der Waals surface area contributed by atoms with Gasteiger partial charge >= 0.3 is 0 Å². The Morgan fingerprint density at radius 3 is 2.82 bits per heavy atom. The second-order valence-corrected chi connectivity index (χ2v) is 5.69. The van der Waals surface area contributed by atoms with Gasteiger partial charge in [-0.2, -0.15) is 0 Å². The first-order chi connectivity index (χ1) is 8.04. The number of terminal acetylenes is 1. The Labute approximate surface area is 100.0 Å². The van der Waals surface area contributed by atoms with Crippen LogP contribution in [-0.2, 0) is 9.84 Å². The minimum absolute atomic E-state index is 0.319. The maximum absolute atomic E-state index is 11.6. The molecule has 0 saturated carbocycles. The highest BCUT2D eigenvalue weighted by atomic mass is 32.2. The third kappa shape index (κ3) is 2.12. The van der Waals surface area contributed by atoms with Gasteiger partial charge in [-0.05, 0) is 18.2 Å².